The van der Waals surface area contributed by atoms with Gasteiger partial charge in [0.2, 0.25) is 0 Å². The van der Waals surface area contributed by atoms with Crippen LogP contribution in [0.1, 0.15) is 0 Å². The first kappa shape index (κ1) is 10.7. The molecular weight excluding hydrogens is 179 g/mol. The summed E-state index contributed by atoms with van der Waals surface area (Å²) in [6.07, 6.45) is 0. The van der Waals surface area contributed by atoms with Crippen LogP contribution in [-0.2, 0) is 9.18 Å². The van der Waals surface area contributed by atoms with Gasteiger partial charge in [0.25, 0.3) is 0 Å². The van der Waals surface area contributed by atoms with Gasteiger partial charge in [-0.1, -0.05) is 6.82 Å². The van der Waals surface area contributed by atoms with Gasteiger partial charge in [-0.05, 0) is 0 Å². The topological polar surface area (TPSA) is 18.5 Å². The molecule has 0 bridgehead atoms. The van der Waals surface area contributed by atoms with Crippen molar-refractivity contribution in [3.05, 3.63) is 0 Å². The number of halogens is 2. The van der Waals surface area contributed by atoms with Crippen molar-refractivity contribution in [1.29, 1.82) is 0 Å². The van der Waals surface area contributed by atoms with Crippen molar-refractivity contribution in [3.8, 4) is 0 Å². The SMILES string of the molecule is CB(P)OCCOP(F)F. The molecule has 10 heavy (non-hydrogen) atoms. The highest BCUT2D eigenvalue weighted by molar-refractivity contribution is 7.60. The first-order valence-electron chi connectivity index (χ1n) is 2.74. The predicted octanol–water partition coefficient (Wildman–Crippen LogP) is 2.18. The summed E-state index contributed by atoms with van der Waals surface area (Å²) in [4.78, 5) is 0. The van der Waals surface area contributed by atoms with E-state index >= 15 is 0 Å². The lowest BCUT2D eigenvalue weighted by molar-refractivity contribution is 0.220. The van der Waals surface area contributed by atoms with Crippen LogP contribution in [0.5, 0.6) is 0 Å². The molecule has 0 aromatic heterocycles. The van der Waals surface area contributed by atoms with E-state index < -0.39 is 8.77 Å². The molecular formula is C3H9BF2O2P2. The second kappa shape index (κ2) is 6.42. The molecule has 0 amide bonds. The van der Waals surface area contributed by atoms with E-state index in [2.05, 4.69) is 13.6 Å². The average Bonchev–Trinajstić information content (AvgIpc) is 1.79. The molecule has 0 radical (unpaired) electrons. The predicted molar refractivity (Wildman–Crippen MR) is 42.4 cm³/mol. The maximum absolute atomic E-state index is 11.3. The van der Waals surface area contributed by atoms with Crippen LogP contribution in [0, 0.1) is 0 Å². The maximum Gasteiger partial charge on any atom is 0.415 e. The average molecular weight is 188 g/mol. The van der Waals surface area contributed by atoms with Gasteiger partial charge >= 0.3 is 15.4 Å². The number of hydrogen-bond donors (Lipinski definition) is 0. The summed E-state index contributed by atoms with van der Waals surface area (Å²) in [5, 5.41) is 0. The molecule has 0 N–H and O–H groups in total. The van der Waals surface area contributed by atoms with Gasteiger partial charge in [0.1, 0.15) is 0 Å². The summed E-state index contributed by atoms with van der Waals surface area (Å²) in [5.74, 6) is 0. The van der Waals surface area contributed by atoms with Crippen LogP contribution in [0.2, 0.25) is 6.82 Å². The van der Waals surface area contributed by atoms with Crippen molar-refractivity contribution < 1.29 is 17.6 Å². The van der Waals surface area contributed by atoms with E-state index in [9.17, 15) is 8.39 Å². The first-order chi connectivity index (χ1) is 4.63. The molecule has 60 valence electrons. The second-order valence-electron chi connectivity index (χ2n) is 1.61. The third-order valence-electron chi connectivity index (χ3n) is 0.653. The molecule has 0 spiro atoms. The molecule has 0 aliphatic heterocycles. The van der Waals surface area contributed by atoms with Gasteiger partial charge in [-0.3, -0.25) is 0 Å². The molecule has 0 saturated carbocycles. The Hall–Kier alpha value is 0.705. The zero-order valence-electron chi connectivity index (χ0n) is 5.59. The Bertz CT molecular complexity index is 74.9. The van der Waals surface area contributed by atoms with Crippen molar-refractivity contribution in [3.63, 3.8) is 0 Å². The minimum Gasteiger partial charge on any atom is -0.429 e. The van der Waals surface area contributed by atoms with Crippen LogP contribution in [0.15, 0.2) is 0 Å². The smallest absolute Gasteiger partial charge is 0.415 e. The lowest BCUT2D eigenvalue weighted by atomic mass is 10.1. The van der Waals surface area contributed by atoms with Crippen molar-refractivity contribution in [2.24, 2.45) is 0 Å². The minimum atomic E-state index is -3.22. The quantitative estimate of drug-likeness (QED) is 0.373. The van der Waals surface area contributed by atoms with Gasteiger partial charge in [-0.25, -0.2) is 0 Å². The molecule has 0 fully saturated rings. The van der Waals surface area contributed by atoms with Crippen LogP contribution >= 0.6 is 17.9 Å². The minimum absolute atomic E-state index is 0.00551. The normalized spacial score (nSPS) is 10.5. The summed E-state index contributed by atoms with van der Waals surface area (Å²) in [7, 11) is -0.826. The van der Waals surface area contributed by atoms with Crippen LogP contribution < -0.4 is 0 Å². The first-order valence-corrected chi connectivity index (χ1v) is 4.45. The zero-order valence-corrected chi connectivity index (χ0v) is 7.64. The summed E-state index contributed by atoms with van der Waals surface area (Å²) in [6, 6.07) is 0. The Morgan fingerprint density at radius 1 is 1.50 bits per heavy atom. The van der Waals surface area contributed by atoms with Crippen LogP contribution in [0.4, 0.5) is 8.39 Å². The highest BCUT2D eigenvalue weighted by Crippen LogP contribution is 2.39. The molecule has 0 heterocycles. The Morgan fingerprint density at radius 2 is 2.10 bits per heavy atom. The fraction of sp³-hybridized carbons (Fsp3) is 1.00. The van der Waals surface area contributed by atoms with Gasteiger partial charge in [0, 0.05) is 0 Å². The molecule has 0 aromatic rings. The third-order valence-corrected chi connectivity index (χ3v) is 1.22. The van der Waals surface area contributed by atoms with Gasteiger partial charge in [-0.15, -0.1) is 9.12 Å². The van der Waals surface area contributed by atoms with E-state index in [0.29, 0.717) is 0 Å². The Balaban J connectivity index is 2.91. The number of hydrogen-bond acceptors (Lipinski definition) is 2. The van der Waals surface area contributed by atoms with E-state index in [4.69, 9.17) is 4.65 Å². The Kier molecular flexibility index (Phi) is 6.87. The second-order valence-corrected chi connectivity index (χ2v) is 3.21. The molecule has 0 rings (SSSR count). The zero-order chi connectivity index (χ0) is 7.98. The van der Waals surface area contributed by atoms with Crippen molar-refractivity contribution in [2.45, 2.75) is 6.82 Å². The molecule has 0 aliphatic carbocycles. The summed E-state index contributed by atoms with van der Waals surface area (Å²) in [6.45, 7) is 1.99. The highest BCUT2D eigenvalue weighted by Gasteiger charge is 2.04. The lowest BCUT2D eigenvalue weighted by Gasteiger charge is -2.03. The standard InChI is InChI=1S/C3H9BF2O2P2/c1-4(9)7-2-3-8-10(5)6/h2-3,9H2,1H3. The van der Waals surface area contributed by atoms with Gasteiger partial charge < -0.3 is 9.18 Å². The molecule has 7 heteroatoms. The van der Waals surface area contributed by atoms with Crippen LogP contribution in [0.25, 0.3) is 0 Å². The van der Waals surface area contributed by atoms with Gasteiger partial charge in [-0.2, -0.15) is 8.39 Å². The van der Waals surface area contributed by atoms with Gasteiger partial charge in [0.15, 0.2) is 0 Å². The van der Waals surface area contributed by atoms with E-state index in [1.165, 1.54) is 0 Å². The summed E-state index contributed by atoms with van der Waals surface area (Å²) < 4.78 is 31.6. The maximum atomic E-state index is 11.3. The molecule has 0 aromatic carbocycles. The third kappa shape index (κ3) is 8.70. The molecule has 0 saturated heterocycles. The van der Waals surface area contributed by atoms with E-state index in [-0.39, 0.29) is 19.8 Å². The van der Waals surface area contributed by atoms with Crippen LogP contribution in [0.3, 0.4) is 0 Å². The van der Waals surface area contributed by atoms with E-state index in [0.717, 1.165) is 0 Å². The highest BCUT2D eigenvalue weighted by atomic mass is 31.2. The van der Waals surface area contributed by atoms with E-state index in [1.807, 2.05) is 0 Å². The lowest BCUT2D eigenvalue weighted by Crippen LogP contribution is -2.08. The largest absolute Gasteiger partial charge is 0.429 e. The van der Waals surface area contributed by atoms with Crippen molar-refractivity contribution in [1.82, 2.24) is 0 Å². The van der Waals surface area contributed by atoms with Crippen molar-refractivity contribution in [2.75, 3.05) is 13.2 Å². The van der Waals surface area contributed by atoms with E-state index in [1.54, 1.807) is 6.82 Å². The molecule has 2 nitrogen and oxygen atoms in total. The van der Waals surface area contributed by atoms with Crippen molar-refractivity contribution >= 4 is 24.5 Å². The Morgan fingerprint density at radius 3 is 2.50 bits per heavy atom. The van der Waals surface area contributed by atoms with Crippen LogP contribution in [-0.4, -0.2) is 19.8 Å². The molecule has 1 atom stereocenters. The Labute approximate surface area is 63.0 Å². The van der Waals surface area contributed by atoms with Gasteiger partial charge in [0.05, 0.1) is 13.2 Å². The fourth-order valence-electron chi connectivity index (χ4n) is 0.340. The number of rotatable bonds is 5. The fourth-order valence-corrected chi connectivity index (χ4v) is 0.689. The summed E-state index contributed by atoms with van der Waals surface area (Å²) in [5.41, 5.74) is 0. The molecule has 0 aliphatic rings. The molecule has 1 unspecified atom stereocenters. The monoisotopic (exact) mass is 188 g/mol. The summed E-state index contributed by atoms with van der Waals surface area (Å²) >= 11 is 0.